The van der Waals surface area contributed by atoms with E-state index >= 15 is 0 Å². The molecule has 1 atom stereocenters. The van der Waals surface area contributed by atoms with Crippen LogP contribution in [0.4, 0.5) is 4.39 Å². The summed E-state index contributed by atoms with van der Waals surface area (Å²) >= 11 is 0. The van der Waals surface area contributed by atoms with Crippen LogP contribution in [0.2, 0.25) is 0 Å². The van der Waals surface area contributed by atoms with Crippen molar-refractivity contribution in [3.05, 3.63) is 77.6 Å². The maximum Gasteiger partial charge on any atom is 0.318 e. The van der Waals surface area contributed by atoms with Gasteiger partial charge < -0.3 is 9.84 Å². The smallest absolute Gasteiger partial charge is 0.318 e. The van der Waals surface area contributed by atoms with Gasteiger partial charge in [-0.05, 0) is 25.3 Å². The molecule has 0 radical (unpaired) electrons. The number of halogens is 1. The van der Waals surface area contributed by atoms with Crippen molar-refractivity contribution in [2.75, 3.05) is 0 Å². The molecule has 0 amide bonds. The maximum atomic E-state index is 14.4. The number of phenols is 1. The first-order chi connectivity index (χ1) is 12.0. The van der Waals surface area contributed by atoms with Crippen LogP contribution < -0.4 is 0 Å². The SMILES string of the molecule is CC(C)OC(=O)[C@H](c1ccccc1F)c1ccc2ccccc2c1O. The molecule has 0 aromatic heterocycles. The van der Waals surface area contributed by atoms with Crippen LogP contribution in [0.5, 0.6) is 5.75 Å². The zero-order chi connectivity index (χ0) is 18.0. The van der Waals surface area contributed by atoms with Crippen LogP contribution in [-0.4, -0.2) is 17.2 Å². The zero-order valence-electron chi connectivity index (χ0n) is 14.1. The summed E-state index contributed by atoms with van der Waals surface area (Å²) < 4.78 is 19.7. The third-order valence-corrected chi connectivity index (χ3v) is 4.05. The number of carbonyl (C=O) groups is 1. The summed E-state index contributed by atoms with van der Waals surface area (Å²) in [6, 6.07) is 16.8. The van der Waals surface area contributed by atoms with Crippen molar-refractivity contribution in [2.45, 2.75) is 25.9 Å². The number of hydrogen-bond acceptors (Lipinski definition) is 3. The topological polar surface area (TPSA) is 46.5 Å². The monoisotopic (exact) mass is 338 g/mol. The molecule has 3 aromatic carbocycles. The summed E-state index contributed by atoms with van der Waals surface area (Å²) in [6.07, 6.45) is -0.343. The first-order valence-corrected chi connectivity index (χ1v) is 8.14. The molecule has 128 valence electrons. The van der Waals surface area contributed by atoms with Gasteiger partial charge >= 0.3 is 5.97 Å². The van der Waals surface area contributed by atoms with Crippen molar-refractivity contribution in [3.8, 4) is 5.75 Å². The van der Waals surface area contributed by atoms with Crippen molar-refractivity contribution >= 4 is 16.7 Å². The van der Waals surface area contributed by atoms with E-state index in [1.54, 1.807) is 50.2 Å². The number of rotatable bonds is 4. The number of esters is 1. The van der Waals surface area contributed by atoms with Crippen molar-refractivity contribution in [1.29, 1.82) is 0 Å². The van der Waals surface area contributed by atoms with Crippen LogP contribution in [0.1, 0.15) is 30.9 Å². The summed E-state index contributed by atoms with van der Waals surface area (Å²) in [7, 11) is 0. The highest BCUT2D eigenvalue weighted by molar-refractivity contribution is 5.92. The first-order valence-electron chi connectivity index (χ1n) is 8.14. The Kier molecular flexibility index (Phi) is 4.70. The van der Waals surface area contributed by atoms with E-state index in [9.17, 15) is 14.3 Å². The summed E-state index contributed by atoms with van der Waals surface area (Å²) in [4.78, 5) is 12.7. The van der Waals surface area contributed by atoms with Crippen LogP contribution in [-0.2, 0) is 9.53 Å². The fourth-order valence-corrected chi connectivity index (χ4v) is 2.94. The molecule has 1 N–H and O–H groups in total. The summed E-state index contributed by atoms with van der Waals surface area (Å²) in [5, 5.41) is 12.2. The normalized spacial score (nSPS) is 12.3. The van der Waals surface area contributed by atoms with E-state index in [1.165, 1.54) is 12.1 Å². The first kappa shape index (κ1) is 17.0. The molecule has 0 spiro atoms. The average molecular weight is 338 g/mol. The Bertz CT molecular complexity index is 918. The molecule has 0 aliphatic rings. The van der Waals surface area contributed by atoms with Gasteiger partial charge in [-0.25, -0.2) is 4.39 Å². The maximum absolute atomic E-state index is 14.4. The number of aromatic hydroxyl groups is 1. The summed E-state index contributed by atoms with van der Waals surface area (Å²) in [5.41, 5.74) is 0.508. The van der Waals surface area contributed by atoms with Crippen LogP contribution in [0.15, 0.2) is 60.7 Å². The number of phenolic OH excluding ortho intramolecular Hbond substituents is 1. The second-order valence-electron chi connectivity index (χ2n) is 6.16. The van der Waals surface area contributed by atoms with Crippen molar-refractivity contribution in [3.63, 3.8) is 0 Å². The van der Waals surface area contributed by atoms with Crippen LogP contribution >= 0.6 is 0 Å². The molecule has 0 heterocycles. The highest BCUT2D eigenvalue weighted by Crippen LogP contribution is 2.38. The van der Waals surface area contributed by atoms with Crippen molar-refractivity contribution < 1.29 is 19.0 Å². The third kappa shape index (κ3) is 3.33. The largest absolute Gasteiger partial charge is 0.507 e. The van der Waals surface area contributed by atoms with E-state index in [4.69, 9.17) is 4.74 Å². The van der Waals surface area contributed by atoms with Gasteiger partial charge in [0.2, 0.25) is 0 Å². The molecule has 0 bridgehead atoms. The molecule has 0 saturated carbocycles. The Hall–Kier alpha value is -2.88. The molecular formula is C21H19FO3. The van der Waals surface area contributed by atoms with E-state index in [2.05, 4.69) is 0 Å². The lowest BCUT2D eigenvalue weighted by Gasteiger charge is -2.20. The van der Waals surface area contributed by atoms with E-state index in [1.807, 2.05) is 12.1 Å². The van der Waals surface area contributed by atoms with E-state index in [0.29, 0.717) is 10.9 Å². The lowest BCUT2D eigenvalue weighted by Crippen LogP contribution is -2.21. The Morgan fingerprint density at radius 3 is 2.36 bits per heavy atom. The van der Waals surface area contributed by atoms with Gasteiger partial charge in [0.05, 0.1) is 6.10 Å². The highest BCUT2D eigenvalue weighted by Gasteiger charge is 2.30. The van der Waals surface area contributed by atoms with Crippen LogP contribution in [0.3, 0.4) is 0 Å². The van der Waals surface area contributed by atoms with Crippen LogP contribution in [0.25, 0.3) is 10.8 Å². The predicted molar refractivity (Wildman–Crippen MR) is 95.1 cm³/mol. The van der Waals surface area contributed by atoms with Gasteiger partial charge in [0.1, 0.15) is 17.5 Å². The molecule has 3 aromatic rings. The summed E-state index contributed by atoms with van der Waals surface area (Å²) in [5.74, 6) is -2.17. The highest BCUT2D eigenvalue weighted by atomic mass is 19.1. The van der Waals surface area contributed by atoms with E-state index in [0.717, 1.165) is 5.39 Å². The standard InChI is InChI=1S/C21H19FO3/c1-13(2)25-21(24)19(16-9-5-6-10-18(16)22)17-12-11-14-7-3-4-8-15(14)20(17)23/h3-13,19,23H,1-2H3/t19-/m1/s1. The Morgan fingerprint density at radius 1 is 0.960 bits per heavy atom. The van der Waals surface area contributed by atoms with Crippen molar-refractivity contribution in [2.24, 2.45) is 0 Å². The second kappa shape index (κ2) is 6.93. The van der Waals surface area contributed by atoms with Gasteiger partial charge in [0.25, 0.3) is 0 Å². The Morgan fingerprint density at radius 2 is 1.64 bits per heavy atom. The molecule has 0 fully saturated rings. The van der Waals surface area contributed by atoms with Gasteiger partial charge in [-0.1, -0.05) is 54.6 Å². The van der Waals surface area contributed by atoms with Crippen LogP contribution in [0, 0.1) is 5.82 Å². The summed E-state index contributed by atoms with van der Waals surface area (Å²) in [6.45, 7) is 3.47. The minimum atomic E-state index is -1.03. The Labute approximate surface area is 145 Å². The van der Waals surface area contributed by atoms with E-state index in [-0.39, 0.29) is 17.4 Å². The van der Waals surface area contributed by atoms with Gasteiger partial charge in [0.15, 0.2) is 0 Å². The quantitative estimate of drug-likeness (QED) is 0.697. The van der Waals surface area contributed by atoms with Gasteiger partial charge in [-0.15, -0.1) is 0 Å². The lowest BCUT2D eigenvalue weighted by atomic mass is 9.88. The predicted octanol–water partition coefficient (Wildman–Crippen LogP) is 4.77. The molecule has 0 saturated heterocycles. The molecule has 3 nitrogen and oxygen atoms in total. The number of ether oxygens (including phenoxy) is 1. The average Bonchev–Trinajstić information content (AvgIpc) is 2.58. The third-order valence-electron chi connectivity index (χ3n) is 4.05. The molecule has 4 heteroatoms. The number of hydrogen-bond donors (Lipinski definition) is 1. The fourth-order valence-electron chi connectivity index (χ4n) is 2.94. The molecular weight excluding hydrogens is 319 g/mol. The molecule has 0 aliphatic heterocycles. The van der Waals surface area contributed by atoms with Gasteiger partial charge in [-0.3, -0.25) is 4.79 Å². The molecule has 25 heavy (non-hydrogen) atoms. The minimum Gasteiger partial charge on any atom is -0.507 e. The number of fused-ring (bicyclic) bond motifs is 1. The van der Waals surface area contributed by atoms with Gasteiger partial charge in [0, 0.05) is 16.5 Å². The number of carbonyl (C=O) groups excluding carboxylic acids is 1. The van der Waals surface area contributed by atoms with E-state index < -0.39 is 17.7 Å². The fraction of sp³-hybridized carbons (Fsp3) is 0.190. The number of benzene rings is 3. The zero-order valence-corrected chi connectivity index (χ0v) is 14.1. The van der Waals surface area contributed by atoms with Crippen molar-refractivity contribution in [1.82, 2.24) is 0 Å². The molecule has 0 aliphatic carbocycles. The van der Waals surface area contributed by atoms with Gasteiger partial charge in [-0.2, -0.15) is 0 Å². The lowest BCUT2D eigenvalue weighted by molar-refractivity contribution is -0.148. The minimum absolute atomic E-state index is 0.0351. The second-order valence-corrected chi connectivity index (χ2v) is 6.16. The molecule has 0 unspecified atom stereocenters. The Balaban J connectivity index is 2.20. The molecule has 3 rings (SSSR count).